The first-order valence-electron chi connectivity index (χ1n) is 43.6. The van der Waals surface area contributed by atoms with Crippen LogP contribution < -0.4 is 112 Å². The van der Waals surface area contributed by atoms with Crippen molar-refractivity contribution >= 4 is 135 Å². The number of nitrogens with one attached hydrogen (secondary N) is 20. The average Bonchev–Trinajstić information content (AvgIpc) is 1.69. The zero-order valence-electron chi connectivity index (χ0n) is 81.2. The van der Waals surface area contributed by atoms with Gasteiger partial charge in [-0.3, -0.25) is 101 Å². The topological polar surface area (TPSA) is 695 Å². The first-order chi connectivity index (χ1) is 61.3. The summed E-state index contributed by atoms with van der Waals surface area (Å²) in [5.41, 5.74) is -5.15. The molecule has 3 rings (SSSR count). The lowest BCUT2D eigenvalue weighted by molar-refractivity contribution is -0.142. The lowest BCUT2D eigenvalue weighted by Gasteiger charge is -2.37. The second-order valence-electron chi connectivity index (χ2n) is 39.0. The third-order valence-corrected chi connectivity index (χ3v) is 21.4. The van der Waals surface area contributed by atoms with Crippen LogP contribution in [0.1, 0.15) is 222 Å². The van der Waals surface area contributed by atoms with Crippen molar-refractivity contribution in [2.24, 2.45) is 17.4 Å². The van der Waals surface area contributed by atoms with Gasteiger partial charge in [-0.15, -0.1) is 0 Å². The van der Waals surface area contributed by atoms with Crippen molar-refractivity contribution in [3.8, 4) is 0 Å². The van der Waals surface area contributed by atoms with Gasteiger partial charge in [0.1, 0.15) is 97.7 Å². The number of carbonyl (C=O) groups excluding carboxylic acids is 21. The second-order valence-corrected chi connectivity index (χ2v) is 39.0. The molecule has 0 fully saturated rings. The van der Waals surface area contributed by atoms with Crippen LogP contribution in [-0.2, 0) is 107 Å². The molecule has 3 aromatic rings. The standard InChI is InChI=1S/C89H140N22O23/c1-46(2)39-57(100-73(128)83(12,13)107-76(131)86(18,19)105-69(124)59(45-113)101-71(126)80(6,7)104-68(123)58(97-49(5)114)40-50-31-27-26-28-32-50)67(122)98-55(35-37-60(90)115)65(120)94-43-62(117)102-84(14,15)74(129)106-81(8,9)70(125)96-47(3)63(118)95-48(4)64(119)103-85(16,17)75(130)109-88(22,23)78(133)111-89(24,25)79(134)110-87(20,21)77(132)108-82(10,11)72(127)99-56(36-38-61(91)116)66(121)93-41-51(44-112)53-42-92-54-34-30-29-33-52(53)54/h26-34,42,46-48,51,55-59,92,112-113H,35-41,43-45H2,1-25H3,(H2,90,115)(H2,91,116)(H,93,121)(H,94,120)(H,95,118)(H,96,125)(H,97,114)(H,98,122)(H,99,127)(H,100,128)(H,101,126)(H,102,117)(H,103,119)(H,104,123)(H,105,124)(H,106,129)(H,107,131)(H,108,132)(H,109,130)(H,110,134)(H,111,133)/t47-,48+,51+,55-,56+,57-,58+,59+/m0/s1. The summed E-state index contributed by atoms with van der Waals surface area (Å²) >= 11 is 0. The molecule has 0 saturated carbocycles. The Bertz CT molecular complexity index is 4860. The molecule has 0 saturated heterocycles. The number of aliphatic hydroxyl groups is 2. The van der Waals surface area contributed by atoms with E-state index in [0.29, 0.717) is 5.56 Å². The summed E-state index contributed by atoms with van der Waals surface area (Å²) in [6.45, 7) is 30.7. The molecule has 0 unspecified atom stereocenters. The molecule has 744 valence electrons. The van der Waals surface area contributed by atoms with Crippen molar-refractivity contribution in [1.82, 2.24) is 106 Å². The lowest BCUT2D eigenvalue weighted by Crippen LogP contribution is -2.69. The molecule has 1 aromatic heterocycles. The van der Waals surface area contributed by atoms with Crippen LogP contribution in [0.2, 0.25) is 0 Å². The number of rotatable bonds is 51. The van der Waals surface area contributed by atoms with Gasteiger partial charge in [0.15, 0.2) is 0 Å². The fourth-order valence-electron chi connectivity index (χ4n) is 12.6. The summed E-state index contributed by atoms with van der Waals surface area (Å²) in [5, 5.41) is 68.8. The van der Waals surface area contributed by atoms with E-state index in [4.69, 9.17) is 11.5 Å². The summed E-state index contributed by atoms with van der Waals surface area (Å²) in [7, 11) is 0. The third kappa shape index (κ3) is 35.1. The van der Waals surface area contributed by atoms with Crippen LogP contribution in [0.3, 0.4) is 0 Å². The van der Waals surface area contributed by atoms with Gasteiger partial charge in [-0.25, -0.2) is 0 Å². The van der Waals surface area contributed by atoms with Crippen LogP contribution in [-0.4, -0.2) is 263 Å². The minimum absolute atomic E-state index is 0.0607. The molecule has 0 aliphatic heterocycles. The number of carbonyl (C=O) groups is 21. The van der Waals surface area contributed by atoms with E-state index >= 15 is 0 Å². The SMILES string of the molecule is CC(=O)N[C@H](Cc1ccccc1)C(=O)NC(C)(C)C(=O)N[C@H](CO)C(=O)NC(C)(C)C(=O)NC(C)(C)C(=O)N[C@@H](CC(C)C)C(=O)N[C@@H](CCC(N)=O)C(=O)NCC(=O)NC(C)(C)C(=O)NC(C)(C)C(=O)N[C@@H](C)C(=O)N[C@H](C)C(=O)NC(C)(C)C(=O)NC(C)(C)C(=O)NC(C)(C)C(=O)NC(C)(C)C(=O)NC(C)(C)C(=O)N[C@H](CCC(N)=O)C(=O)NC[C@H](CO)c1c[nH]c2ccccc12. The number of para-hydroxylation sites is 1. The zero-order chi connectivity index (χ0) is 103. The van der Waals surface area contributed by atoms with Crippen molar-refractivity contribution in [2.45, 2.75) is 315 Å². The number of aliphatic hydroxyl groups excluding tert-OH is 2. The Hall–Kier alpha value is -13.2. The Kier molecular flexibility index (Phi) is 40.7. The summed E-state index contributed by atoms with van der Waals surface area (Å²) < 4.78 is 0. The first-order valence-corrected chi connectivity index (χ1v) is 43.6. The molecule has 45 nitrogen and oxygen atoms in total. The van der Waals surface area contributed by atoms with E-state index < -0.39 is 254 Å². The van der Waals surface area contributed by atoms with Gasteiger partial charge in [0.2, 0.25) is 124 Å². The molecule has 2 aromatic carbocycles. The van der Waals surface area contributed by atoms with E-state index in [9.17, 15) is 111 Å². The van der Waals surface area contributed by atoms with Gasteiger partial charge in [0.25, 0.3) is 0 Å². The number of amides is 21. The lowest BCUT2D eigenvalue weighted by atomic mass is 9.94. The van der Waals surface area contributed by atoms with Gasteiger partial charge in [-0.05, 0) is 195 Å². The highest BCUT2D eigenvalue weighted by Gasteiger charge is 2.47. The highest BCUT2D eigenvalue weighted by molar-refractivity contribution is 6.05. The molecule has 45 heteroatoms. The van der Waals surface area contributed by atoms with E-state index in [1.807, 2.05) is 24.3 Å². The summed E-state index contributed by atoms with van der Waals surface area (Å²) in [5.74, 6) is -19.6. The fraction of sp³-hybridized carbons (Fsp3) is 0.607. The van der Waals surface area contributed by atoms with E-state index in [0.717, 1.165) is 16.5 Å². The Morgan fingerprint density at radius 3 is 1.11 bits per heavy atom. The number of nitrogens with two attached hydrogens (primary N) is 2. The van der Waals surface area contributed by atoms with E-state index in [-0.39, 0.29) is 44.8 Å². The van der Waals surface area contributed by atoms with Gasteiger partial charge in [0, 0.05) is 55.7 Å². The number of aromatic amines is 1. The van der Waals surface area contributed by atoms with Crippen LogP contribution in [0.5, 0.6) is 0 Å². The highest BCUT2D eigenvalue weighted by Crippen LogP contribution is 2.26. The summed E-state index contributed by atoms with van der Waals surface area (Å²) in [4.78, 5) is 287. The Morgan fingerprint density at radius 1 is 0.343 bits per heavy atom. The highest BCUT2D eigenvalue weighted by atomic mass is 16.3. The van der Waals surface area contributed by atoms with Crippen molar-refractivity contribution in [3.63, 3.8) is 0 Å². The van der Waals surface area contributed by atoms with Crippen LogP contribution >= 0.6 is 0 Å². The number of hydrogen-bond donors (Lipinski definition) is 24. The predicted molar refractivity (Wildman–Crippen MR) is 490 cm³/mol. The number of fused-ring (bicyclic) bond motifs is 1. The second kappa shape index (κ2) is 47.4. The van der Waals surface area contributed by atoms with Crippen molar-refractivity contribution in [1.29, 1.82) is 0 Å². The molecular weight excluding hydrogens is 1750 g/mol. The fourth-order valence-corrected chi connectivity index (χ4v) is 12.6. The Balaban J connectivity index is 1.57. The number of primary amides is 2. The molecule has 1 heterocycles. The molecular formula is C89H140N22O23. The molecule has 134 heavy (non-hydrogen) atoms. The molecule has 0 bridgehead atoms. The van der Waals surface area contributed by atoms with E-state index in [1.54, 1.807) is 50.4 Å². The molecule has 0 aliphatic rings. The monoisotopic (exact) mass is 1890 g/mol. The van der Waals surface area contributed by atoms with E-state index in [1.165, 1.54) is 159 Å². The maximum atomic E-state index is 14.1. The van der Waals surface area contributed by atoms with Crippen molar-refractivity contribution in [3.05, 3.63) is 71.9 Å². The number of benzene rings is 2. The average molecular weight is 1890 g/mol. The minimum Gasteiger partial charge on any atom is -0.396 e. The van der Waals surface area contributed by atoms with Gasteiger partial charge < -0.3 is 128 Å². The van der Waals surface area contributed by atoms with Crippen LogP contribution in [0.15, 0.2) is 60.8 Å². The number of aromatic nitrogens is 1. The largest absolute Gasteiger partial charge is 0.396 e. The molecule has 26 N–H and O–H groups in total. The van der Waals surface area contributed by atoms with E-state index in [2.05, 4.69) is 106 Å². The summed E-state index contributed by atoms with van der Waals surface area (Å²) in [6.07, 6.45) is 0.283. The van der Waals surface area contributed by atoms with Gasteiger partial charge >= 0.3 is 0 Å². The molecule has 0 spiro atoms. The normalized spacial score (nSPS) is 14.0. The third-order valence-electron chi connectivity index (χ3n) is 21.4. The van der Waals surface area contributed by atoms with Crippen molar-refractivity contribution in [2.75, 3.05) is 26.3 Å². The molecule has 21 amide bonds. The molecule has 0 aliphatic carbocycles. The zero-order valence-corrected chi connectivity index (χ0v) is 81.2. The Morgan fingerprint density at radius 2 is 0.694 bits per heavy atom. The predicted octanol–water partition coefficient (Wildman–Crippen LogP) is -4.31. The first kappa shape index (κ1) is 115. The smallest absolute Gasteiger partial charge is 0.246 e. The number of H-pyrrole nitrogens is 1. The van der Waals surface area contributed by atoms with Crippen LogP contribution in [0.4, 0.5) is 0 Å². The van der Waals surface area contributed by atoms with Gasteiger partial charge in [-0.1, -0.05) is 62.4 Å². The molecule has 0 radical (unpaired) electrons. The van der Waals surface area contributed by atoms with Crippen molar-refractivity contribution < 1.29 is 111 Å². The van der Waals surface area contributed by atoms with Crippen LogP contribution in [0, 0.1) is 5.92 Å². The quantitative estimate of drug-likeness (QED) is 0.0254. The van der Waals surface area contributed by atoms with Crippen LogP contribution in [0.25, 0.3) is 10.9 Å². The maximum Gasteiger partial charge on any atom is 0.246 e. The Labute approximate surface area is 779 Å². The minimum atomic E-state index is -1.88. The maximum absolute atomic E-state index is 14.1. The number of hydrogen-bond acceptors (Lipinski definition) is 23. The van der Waals surface area contributed by atoms with Gasteiger partial charge in [0.05, 0.1) is 19.8 Å². The summed E-state index contributed by atoms with van der Waals surface area (Å²) in [6, 6.07) is 6.13. The van der Waals surface area contributed by atoms with Gasteiger partial charge in [-0.2, -0.15) is 0 Å². The molecule has 8 atom stereocenters.